The predicted octanol–water partition coefficient (Wildman–Crippen LogP) is 0.632. The fourth-order valence-corrected chi connectivity index (χ4v) is 2.55. The second-order valence-electron chi connectivity index (χ2n) is 5.09. The first-order valence-corrected chi connectivity index (χ1v) is 6.66. The highest BCUT2D eigenvalue weighted by molar-refractivity contribution is 4.99. The van der Waals surface area contributed by atoms with Gasteiger partial charge in [-0.1, -0.05) is 6.92 Å². The molecule has 6 heteroatoms. The molecule has 1 aliphatic heterocycles. The number of hydrogen-bond donors (Lipinski definition) is 2. The van der Waals surface area contributed by atoms with E-state index in [0.29, 0.717) is 0 Å². The maximum atomic E-state index is 5.84. The van der Waals surface area contributed by atoms with E-state index in [1.165, 1.54) is 0 Å². The monoisotopic (exact) mass is 253 g/mol. The molecule has 3 N–H and O–H groups in total. The molecule has 2 heterocycles. The predicted molar refractivity (Wildman–Crippen MR) is 68.7 cm³/mol. The van der Waals surface area contributed by atoms with E-state index < -0.39 is 0 Å². The van der Waals surface area contributed by atoms with Crippen LogP contribution in [0.25, 0.3) is 0 Å². The van der Waals surface area contributed by atoms with Gasteiger partial charge in [-0.3, -0.25) is 16.0 Å². The number of rotatable bonds is 6. The lowest BCUT2D eigenvalue weighted by Gasteiger charge is -2.32. The number of hydrogen-bond acceptors (Lipinski definition) is 5. The summed E-state index contributed by atoms with van der Waals surface area (Å²) in [5.41, 5.74) is 2.69. The summed E-state index contributed by atoms with van der Waals surface area (Å²) in [6, 6.07) is 0.0693. The zero-order chi connectivity index (χ0) is 13.0. The lowest BCUT2D eigenvalue weighted by Crippen LogP contribution is -2.53. The average molecular weight is 253 g/mol. The van der Waals surface area contributed by atoms with E-state index >= 15 is 0 Å². The smallest absolute Gasteiger partial charge is 0.138 e. The Bertz CT molecular complexity index is 372. The summed E-state index contributed by atoms with van der Waals surface area (Å²) in [4.78, 5) is 4.33. The molecule has 0 saturated carbocycles. The van der Waals surface area contributed by atoms with Crippen molar-refractivity contribution in [3.8, 4) is 0 Å². The molecule has 6 nitrogen and oxygen atoms in total. The van der Waals surface area contributed by atoms with E-state index in [1.807, 2.05) is 4.68 Å². The molecular formula is C12H23N5O. The van der Waals surface area contributed by atoms with Crippen molar-refractivity contribution in [2.24, 2.45) is 5.84 Å². The van der Waals surface area contributed by atoms with Gasteiger partial charge in [-0.25, -0.2) is 4.98 Å². The van der Waals surface area contributed by atoms with Crippen molar-refractivity contribution < 1.29 is 4.74 Å². The van der Waals surface area contributed by atoms with Gasteiger partial charge in [-0.05, 0) is 26.2 Å². The van der Waals surface area contributed by atoms with Crippen LogP contribution in [0, 0.1) is 0 Å². The van der Waals surface area contributed by atoms with Gasteiger partial charge in [-0.2, -0.15) is 5.10 Å². The molecule has 0 bridgehead atoms. The summed E-state index contributed by atoms with van der Waals surface area (Å²) in [5, 5.41) is 4.24. The molecule has 2 atom stereocenters. The van der Waals surface area contributed by atoms with Crippen LogP contribution in [0.5, 0.6) is 0 Å². The maximum absolute atomic E-state index is 5.84. The van der Waals surface area contributed by atoms with Crippen LogP contribution in [0.2, 0.25) is 0 Å². The SMILES string of the molecule is CCCn1ncnc1CC(NN)C1(C)CCCO1. The van der Waals surface area contributed by atoms with Crippen LogP contribution in [-0.2, 0) is 17.7 Å². The Morgan fingerprint density at radius 2 is 2.50 bits per heavy atom. The van der Waals surface area contributed by atoms with Crippen LogP contribution in [0.4, 0.5) is 0 Å². The van der Waals surface area contributed by atoms with Gasteiger partial charge in [-0.15, -0.1) is 0 Å². The highest BCUT2D eigenvalue weighted by Gasteiger charge is 2.38. The first kappa shape index (κ1) is 13.5. The topological polar surface area (TPSA) is 78.0 Å². The van der Waals surface area contributed by atoms with E-state index in [-0.39, 0.29) is 11.6 Å². The third-order valence-corrected chi connectivity index (χ3v) is 3.71. The summed E-state index contributed by atoms with van der Waals surface area (Å²) in [6.07, 6.45) is 5.52. The summed E-state index contributed by atoms with van der Waals surface area (Å²) >= 11 is 0. The highest BCUT2D eigenvalue weighted by Crippen LogP contribution is 2.29. The van der Waals surface area contributed by atoms with Gasteiger partial charge >= 0.3 is 0 Å². The number of nitrogens with two attached hydrogens (primary N) is 1. The molecule has 1 aromatic rings. The summed E-state index contributed by atoms with van der Waals surface area (Å²) in [7, 11) is 0. The molecule has 102 valence electrons. The Hall–Kier alpha value is -0.980. The van der Waals surface area contributed by atoms with Gasteiger partial charge in [0.1, 0.15) is 12.2 Å². The van der Waals surface area contributed by atoms with Gasteiger partial charge in [0.05, 0.1) is 11.6 Å². The van der Waals surface area contributed by atoms with Crippen molar-refractivity contribution in [3.63, 3.8) is 0 Å². The minimum atomic E-state index is -0.197. The summed E-state index contributed by atoms with van der Waals surface area (Å²) in [5.74, 6) is 6.66. The van der Waals surface area contributed by atoms with E-state index in [1.54, 1.807) is 6.33 Å². The van der Waals surface area contributed by atoms with E-state index in [0.717, 1.165) is 44.7 Å². The summed E-state index contributed by atoms with van der Waals surface area (Å²) in [6.45, 7) is 5.96. The number of ether oxygens (including phenoxy) is 1. The third kappa shape index (κ3) is 2.71. The number of aromatic nitrogens is 3. The van der Waals surface area contributed by atoms with Crippen molar-refractivity contribution in [2.45, 2.75) is 57.7 Å². The van der Waals surface area contributed by atoms with Crippen LogP contribution in [0.3, 0.4) is 0 Å². The van der Waals surface area contributed by atoms with Gasteiger partial charge in [0.15, 0.2) is 0 Å². The molecule has 1 saturated heterocycles. The Labute approximate surface area is 108 Å². The van der Waals surface area contributed by atoms with Crippen LogP contribution in [-0.4, -0.2) is 33.0 Å². The zero-order valence-electron chi connectivity index (χ0n) is 11.2. The molecule has 0 aliphatic carbocycles. The Kier molecular flexibility index (Phi) is 4.31. The standard InChI is InChI=1S/C12H23N5O/c1-3-6-17-11(14-9-15-17)8-10(16-13)12(2)5-4-7-18-12/h9-10,16H,3-8,13H2,1-2H3. The molecular weight excluding hydrogens is 230 g/mol. The van der Waals surface area contributed by atoms with Crippen molar-refractivity contribution in [3.05, 3.63) is 12.2 Å². The molecule has 2 rings (SSSR count). The second-order valence-corrected chi connectivity index (χ2v) is 5.09. The van der Waals surface area contributed by atoms with Crippen LogP contribution in [0.1, 0.15) is 38.9 Å². The van der Waals surface area contributed by atoms with Gasteiger partial charge < -0.3 is 4.74 Å². The first-order chi connectivity index (χ1) is 8.69. The molecule has 1 aromatic heterocycles. The number of hydrazine groups is 1. The normalized spacial score (nSPS) is 25.5. The quantitative estimate of drug-likeness (QED) is 0.574. The molecule has 2 unspecified atom stereocenters. The van der Waals surface area contributed by atoms with Gasteiger partial charge in [0.25, 0.3) is 0 Å². The van der Waals surface area contributed by atoms with Gasteiger partial charge in [0, 0.05) is 19.6 Å². The van der Waals surface area contributed by atoms with E-state index in [9.17, 15) is 0 Å². The Morgan fingerprint density at radius 1 is 1.67 bits per heavy atom. The molecule has 18 heavy (non-hydrogen) atoms. The molecule has 1 fully saturated rings. The van der Waals surface area contributed by atoms with Crippen molar-refractivity contribution >= 4 is 0 Å². The molecule has 1 aliphatic rings. The average Bonchev–Trinajstić information content (AvgIpc) is 2.97. The number of aryl methyl sites for hydroxylation is 1. The highest BCUT2D eigenvalue weighted by atomic mass is 16.5. The van der Waals surface area contributed by atoms with Crippen molar-refractivity contribution in [2.75, 3.05) is 6.61 Å². The molecule has 0 radical (unpaired) electrons. The van der Waals surface area contributed by atoms with E-state index in [2.05, 4.69) is 29.4 Å². The van der Waals surface area contributed by atoms with Crippen LogP contribution >= 0.6 is 0 Å². The summed E-state index contributed by atoms with van der Waals surface area (Å²) < 4.78 is 7.79. The fraction of sp³-hybridized carbons (Fsp3) is 0.833. The van der Waals surface area contributed by atoms with Gasteiger partial charge in [0.2, 0.25) is 0 Å². The number of nitrogens with one attached hydrogen (secondary N) is 1. The Balaban J connectivity index is 2.07. The fourth-order valence-electron chi connectivity index (χ4n) is 2.55. The van der Waals surface area contributed by atoms with E-state index in [4.69, 9.17) is 10.6 Å². The lowest BCUT2D eigenvalue weighted by molar-refractivity contribution is -0.0122. The second kappa shape index (κ2) is 5.77. The molecule has 0 spiro atoms. The lowest BCUT2D eigenvalue weighted by atomic mass is 9.91. The third-order valence-electron chi connectivity index (χ3n) is 3.71. The molecule has 0 aromatic carbocycles. The zero-order valence-corrected chi connectivity index (χ0v) is 11.2. The first-order valence-electron chi connectivity index (χ1n) is 6.66. The Morgan fingerprint density at radius 3 is 3.11 bits per heavy atom. The van der Waals surface area contributed by atoms with Crippen LogP contribution < -0.4 is 11.3 Å². The van der Waals surface area contributed by atoms with Crippen LogP contribution in [0.15, 0.2) is 6.33 Å². The van der Waals surface area contributed by atoms with Crippen molar-refractivity contribution in [1.29, 1.82) is 0 Å². The minimum absolute atomic E-state index is 0.0693. The minimum Gasteiger partial charge on any atom is -0.374 e. The molecule has 0 amide bonds. The largest absolute Gasteiger partial charge is 0.374 e. The maximum Gasteiger partial charge on any atom is 0.138 e. The van der Waals surface area contributed by atoms with Crippen molar-refractivity contribution in [1.82, 2.24) is 20.2 Å². The number of nitrogens with zero attached hydrogens (tertiary/aromatic N) is 3.